The molecule has 0 unspecified atom stereocenters. The van der Waals surface area contributed by atoms with Crippen molar-refractivity contribution < 1.29 is 9.53 Å². The van der Waals surface area contributed by atoms with Crippen molar-refractivity contribution in [1.29, 1.82) is 0 Å². The van der Waals surface area contributed by atoms with Crippen molar-refractivity contribution in [2.75, 3.05) is 26.3 Å². The molecule has 2 aromatic rings. The summed E-state index contributed by atoms with van der Waals surface area (Å²) in [7, 11) is 0. The van der Waals surface area contributed by atoms with E-state index >= 15 is 0 Å². The van der Waals surface area contributed by atoms with Gasteiger partial charge in [0.05, 0.1) is 17.6 Å². The Balaban J connectivity index is 1.73. The summed E-state index contributed by atoms with van der Waals surface area (Å²) < 4.78 is 7.15. The molecule has 2 heterocycles. The van der Waals surface area contributed by atoms with Crippen LogP contribution in [0.5, 0.6) is 0 Å². The van der Waals surface area contributed by atoms with Gasteiger partial charge >= 0.3 is 0 Å². The van der Waals surface area contributed by atoms with Crippen molar-refractivity contribution in [1.82, 2.24) is 14.5 Å². The summed E-state index contributed by atoms with van der Waals surface area (Å²) in [4.78, 5) is 31.3. The molecule has 0 aliphatic carbocycles. The molecule has 6 nitrogen and oxygen atoms in total. The van der Waals surface area contributed by atoms with Crippen LogP contribution in [0.4, 0.5) is 0 Å². The van der Waals surface area contributed by atoms with E-state index in [1.54, 1.807) is 11.5 Å². The van der Waals surface area contributed by atoms with Gasteiger partial charge in [-0.05, 0) is 31.9 Å². The van der Waals surface area contributed by atoms with Crippen LogP contribution in [0.2, 0.25) is 0 Å². The average molecular weight is 343 g/mol. The molecule has 134 valence electrons. The van der Waals surface area contributed by atoms with Crippen molar-refractivity contribution >= 4 is 16.9 Å². The molecule has 1 saturated heterocycles. The first-order valence-electron chi connectivity index (χ1n) is 8.92. The van der Waals surface area contributed by atoms with Crippen LogP contribution in [0.1, 0.15) is 25.5 Å². The Morgan fingerprint density at radius 2 is 2.16 bits per heavy atom. The van der Waals surface area contributed by atoms with Crippen molar-refractivity contribution in [3.63, 3.8) is 0 Å². The van der Waals surface area contributed by atoms with Gasteiger partial charge < -0.3 is 9.64 Å². The molecule has 1 aromatic heterocycles. The predicted molar refractivity (Wildman–Crippen MR) is 96.5 cm³/mol. The summed E-state index contributed by atoms with van der Waals surface area (Å²) in [5.74, 6) is 0.374. The van der Waals surface area contributed by atoms with Gasteiger partial charge in [-0.1, -0.05) is 19.1 Å². The first kappa shape index (κ1) is 17.6. The third kappa shape index (κ3) is 3.90. The van der Waals surface area contributed by atoms with E-state index in [1.165, 1.54) is 0 Å². The van der Waals surface area contributed by atoms with Crippen LogP contribution in [-0.2, 0) is 16.1 Å². The summed E-state index contributed by atoms with van der Waals surface area (Å²) in [6, 6.07) is 7.44. The maximum atomic E-state index is 12.7. The smallest absolute Gasteiger partial charge is 0.272 e. The van der Waals surface area contributed by atoms with E-state index in [2.05, 4.69) is 11.9 Å². The predicted octanol–water partition coefficient (Wildman–Crippen LogP) is 1.98. The Morgan fingerprint density at radius 3 is 2.96 bits per heavy atom. The summed E-state index contributed by atoms with van der Waals surface area (Å²) in [6.45, 7) is 6.74. The number of nitrogens with zero attached hydrogens (tertiary/aromatic N) is 3. The lowest BCUT2D eigenvalue weighted by molar-refractivity contribution is -0.130. The van der Waals surface area contributed by atoms with Crippen LogP contribution in [0.15, 0.2) is 29.1 Å². The molecule has 1 aromatic carbocycles. The monoisotopic (exact) mass is 343 g/mol. The number of ether oxygens (including phenoxy) is 1. The lowest BCUT2D eigenvalue weighted by Gasteiger charge is -2.18. The van der Waals surface area contributed by atoms with Gasteiger partial charge in [0.2, 0.25) is 5.91 Å². The maximum absolute atomic E-state index is 12.7. The fourth-order valence-corrected chi connectivity index (χ4v) is 3.30. The highest BCUT2D eigenvalue weighted by Gasteiger charge is 2.27. The molecule has 0 bridgehead atoms. The Bertz CT molecular complexity index is 815. The number of benzene rings is 1. The van der Waals surface area contributed by atoms with E-state index in [1.807, 2.05) is 29.2 Å². The number of fused-ring (bicyclic) bond motifs is 1. The van der Waals surface area contributed by atoms with Crippen molar-refractivity contribution in [3.8, 4) is 0 Å². The van der Waals surface area contributed by atoms with Gasteiger partial charge in [-0.2, -0.15) is 0 Å². The molecule has 0 saturated carbocycles. The second-order valence-corrected chi connectivity index (χ2v) is 6.65. The molecule has 1 fully saturated rings. The van der Waals surface area contributed by atoms with Crippen molar-refractivity contribution in [3.05, 3.63) is 40.3 Å². The lowest BCUT2D eigenvalue weighted by Crippen LogP contribution is -2.36. The second-order valence-electron chi connectivity index (χ2n) is 6.65. The van der Waals surface area contributed by atoms with Crippen molar-refractivity contribution in [2.45, 2.75) is 33.2 Å². The Hall–Kier alpha value is -2.21. The minimum atomic E-state index is -0.200. The van der Waals surface area contributed by atoms with Gasteiger partial charge in [-0.15, -0.1) is 0 Å². The van der Waals surface area contributed by atoms with Crippen LogP contribution in [0.3, 0.4) is 0 Å². The molecule has 1 atom stereocenters. The topological polar surface area (TPSA) is 64.4 Å². The summed E-state index contributed by atoms with van der Waals surface area (Å²) in [5, 5.41) is 0. The lowest BCUT2D eigenvalue weighted by atomic mass is 10.1. The first-order valence-corrected chi connectivity index (χ1v) is 8.92. The highest BCUT2D eigenvalue weighted by atomic mass is 16.5. The SMILES string of the molecule is CCCOC[C@H]1CCN(C(=O)Cn2c(=O)c(C)nc3ccccc32)C1. The Labute approximate surface area is 147 Å². The third-order valence-corrected chi connectivity index (χ3v) is 4.65. The number of amides is 1. The molecule has 1 amide bonds. The van der Waals surface area contributed by atoms with Crippen LogP contribution >= 0.6 is 0 Å². The third-order valence-electron chi connectivity index (χ3n) is 4.65. The highest BCUT2D eigenvalue weighted by molar-refractivity contribution is 5.80. The Morgan fingerprint density at radius 1 is 1.36 bits per heavy atom. The van der Waals surface area contributed by atoms with Crippen molar-refractivity contribution in [2.24, 2.45) is 5.92 Å². The second kappa shape index (κ2) is 7.78. The Kier molecular flexibility index (Phi) is 5.48. The number of carbonyl (C=O) groups is 1. The zero-order valence-corrected chi connectivity index (χ0v) is 14.9. The highest BCUT2D eigenvalue weighted by Crippen LogP contribution is 2.18. The molecule has 0 radical (unpaired) electrons. The number of aryl methyl sites for hydroxylation is 1. The zero-order chi connectivity index (χ0) is 17.8. The number of hydrogen-bond acceptors (Lipinski definition) is 4. The van der Waals surface area contributed by atoms with Gasteiger partial charge in [-0.3, -0.25) is 14.2 Å². The fourth-order valence-electron chi connectivity index (χ4n) is 3.30. The van der Waals surface area contributed by atoms with Crippen LogP contribution in [0.25, 0.3) is 11.0 Å². The zero-order valence-electron chi connectivity index (χ0n) is 14.9. The van der Waals surface area contributed by atoms with Crippen LogP contribution in [0, 0.1) is 12.8 Å². The molecule has 0 N–H and O–H groups in total. The number of para-hydroxylation sites is 2. The van der Waals surface area contributed by atoms with E-state index in [9.17, 15) is 9.59 Å². The van der Waals surface area contributed by atoms with Crippen LogP contribution < -0.4 is 5.56 Å². The van der Waals surface area contributed by atoms with E-state index in [0.29, 0.717) is 30.3 Å². The summed E-state index contributed by atoms with van der Waals surface area (Å²) >= 11 is 0. The van der Waals surface area contributed by atoms with Gasteiger partial charge in [0.25, 0.3) is 5.56 Å². The molecule has 1 aliphatic rings. The van der Waals surface area contributed by atoms with Gasteiger partial charge in [0.1, 0.15) is 12.2 Å². The normalized spacial score (nSPS) is 17.4. The van der Waals surface area contributed by atoms with Gasteiger partial charge in [-0.25, -0.2) is 4.98 Å². The average Bonchev–Trinajstić information content (AvgIpc) is 3.08. The standard InChI is InChI=1S/C19H25N3O3/c1-3-10-25-13-15-8-9-21(11-15)18(23)12-22-17-7-5-4-6-16(17)20-14(2)19(22)24/h4-7,15H,3,8-13H2,1-2H3/t15-/m0/s1. The largest absolute Gasteiger partial charge is 0.381 e. The number of hydrogen-bond donors (Lipinski definition) is 0. The van der Waals surface area contributed by atoms with Gasteiger partial charge in [0.15, 0.2) is 0 Å². The number of likely N-dealkylation sites (tertiary alicyclic amines) is 1. The molecular weight excluding hydrogens is 318 g/mol. The molecule has 1 aliphatic heterocycles. The number of aromatic nitrogens is 2. The summed E-state index contributed by atoms with van der Waals surface area (Å²) in [5.41, 5.74) is 1.65. The maximum Gasteiger partial charge on any atom is 0.272 e. The van der Waals surface area contributed by atoms with Crippen LogP contribution in [-0.4, -0.2) is 46.7 Å². The number of rotatable bonds is 6. The first-order chi connectivity index (χ1) is 12.1. The number of carbonyl (C=O) groups excluding carboxylic acids is 1. The molecule has 0 spiro atoms. The van der Waals surface area contributed by atoms with E-state index in [-0.39, 0.29) is 18.0 Å². The molecule has 3 rings (SSSR count). The molecular formula is C19H25N3O3. The molecule has 6 heteroatoms. The minimum Gasteiger partial charge on any atom is -0.381 e. The van der Waals surface area contributed by atoms with E-state index < -0.39 is 0 Å². The summed E-state index contributed by atoms with van der Waals surface area (Å²) in [6.07, 6.45) is 1.97. The van der Waals surface area contributed by atoms with Gasteiger partial charge in [0, 0.05) is 25.6 Å². The molecule has 25 heavy (non-hydrogen) atoms. The van der Waals surface area contributed by atoms with E-state index in [0.717, 1.165) is 31.5 Å². The fraction of sp³-hybridized carbons (Fsp3) is 0.526. The minimum absolute atomic E-state index is 0.0177. The van der Waals surface area contributed by atoms with E-state index in [4.69, 9.17) is 4.74 Å². The quantitative estimate of drug-likeness (QED) is 0.753.